The number of amides is 1. The van der Waals surface area contributed by atoms with Gasteiger partial charge in [0, 0.05) is 31.7 Å². The van der Waals surface area contributed by atoms with E-state index in [1.165, 1.54) is 9.87 Å². The van der Waals surface area contributed by atoms with Gasteiger partial charge in [0.05, 0.1) is 18.6 Å². The van der Waals surface area contributed by atoms with E-state index in [4.69, 9.17) is 9.47 Å². The molecule has 0 atom stereocenters. The Hall–Kier alpha value is -2.58. The summed E-state index contributed by atoms with van der Waals surface area (Å²) in [4.78, 5) is 15.1. The number of aryl methyl sites for hydroxylation is 2. The normalized spacial score (nSPS) is 17.0. The smallest absolute Gasteiger partial charge is 0.254 e. The zero-order chi connectivity index (χ0) is 22.7. The Morgan fingerprint density at radius 3 is 2.34 bits per heavy atom. The van der Waals surface area contributed by atoms with Gasteiger partial charge in [-0.25, -0.2) is 8.42 Å². The van der Waals surface area contributed by atoms with Gasteiger partial charge >= 0.3 is 0 Å². The molecule has 0 saturated carbocycles. The number of carbonyl (C=O) groups excluding carboxylic acids is 1. The number of hydrogen-bond donors (Lipinski definition) is 0. The molecular weight excluding hydrogens is 428 g/mol. The molecule has 0 aromatic heterocycles. The van der Waals surface area contributed by atoms with Crippen LogP contribution in [0.4, 0.5) is 0 Å². The monoisotopic (exact) mass is 458 g/mol. The number of hydrogen-bond acceptors (Lipinski definition) is 5. The SMILES string of the molecule is CCOc1cc(C(=O)N2CCN(S(=O)(=O)c3ccc4c(c3)CCCC4)CC2)ccc1OC. The fourth-order valence-corrected chi connectivity index (χ4v) is 5.88. The third kappa shape index (κ3) is 4.47. The van der Waals surface area contributed by atoms with Crippen molar-refractivity contribution >= 4 is 15.9 Å². The van der Waals surface area contributed by atoms with Crippen LogP contribution >= 0.6 is 0 Å². The first-order chi connectivity index (χ1) is 15.4. The molecule has 0 N–H and O–H groups in total. The fraction of sp³-hybridized carbons (Fsp3) is 0.458. The minimum Gasteiger partial charge on any atom is -0.493 e. The van der Waals surface area contributed by atoms with E-state index in [1.54, 1.807) is 36.3 Å². The highest BCUT2D eigenvalue weighted by Gasteiger charge is 2.31. The van der Waals surface area contributed by atoms with Gasteiger partial charge in [-0.15, -0.1) is 0 Å². The Labute approximate surface area is 190 Å². The van der Waals surface area contributed by atoms with Crippen LogP contribution in [0.1, 0.15) is 41.3 Å². The zero-order valence-corrected chi connectivity index (χ0v) is 19.5. The molecule has 0 unspecified atom stereocenters. The molecule has 1 fully saturated rings. The van der Waals surface area contributed by atoms with Crippen LogP contribution in [-0.4, -0.2) is 63.4 Å². The van der Waals surface area contributed by atoms with E-state index in [0.717, 1.165) is 31.2 Å². The van der Waals surface area contributed by atoms with Gasteiger partial charge in [0.1, 0.15) is 0 Å². The summed E-state index contributed by atoms with van der Waals surface area (Å²) in [6, 6.07) is 10.6. The van der Waals surface area contributed by atoms with Crippen LogP contribution < -0.4 is 9.47 Å². The molecule has 0 radical (unpaired) electrons. The first-order valence-electron chi connectivity index (χ1n) is 11.2. The van der Waals surface area contributed by atoms with Crippen LogP contribution in [0.25, 0.3) is 0 Å². The second-order valence-corrected chi connectivity index (χ2v) is 10.1. The summed E-state index contributed by atoms with van der Waals surface area (Å²) in [6.07, 6.45) is 4.22. The number of nitrogens with zero attached hydrogens (tertiary/aromatic N) is 2. The van der Waals surface area contributed by atoms with Crippen LogP contribution in [0.3, 0.4) is 0 Å². The lowest BCUT2D eigenvalue weighted by molar-refractivity contribution is 0.0697. The van der Waals surface area contributed by atoms with Crippen molar-refractivity contribution in [2.45, 2.75) is 37.5 Å². The average molecular weight is 459 g/mol. The zero-order valence-electron chi connectivity index (χ0n) is 18.7. The Balaban J connectivity index is 1.44. The quantitative estimate of drug-likeness (QED) is 0.665. The molecule has 1 saturated heterocycles. The number of piperazine rings is 1. The van der Waals surface area contributed by atoms with Crippen molar-refractivity contribution in [3.63, 3.8) is 0 Å². The van der Waals surface area contributed by atoms with Crippen LogP contribution in [0, 0.1) is 0 Å². The largest absolute Gasteiger partial charge is 0.493 e. The number of benzene rings is 2. The maximum Gasteiger partial charge on any atom is 0.254 e. The summed E-state index contributed by atoms with van der Waals surface area (Å²) in [7, 11) is -2.02. The number of fused-ring (bicyclic) bond motifs is 1. The molecule has 2 aliphatic rings. The Bertz CT molecular complexity index is 1090. The van der Waals surface area contributed by atoms with Crippen LogP contribution in [0.2, 0.25) is 0 Å². The highest BCUT2D eigenvalue weighted by Crippen LogP contribution is 2.29. The summed E-state index contributed by atoms with van der Waals surface area (Å²) >= 11 is 0. The molecule has 1 aliphatic heterocycles. The standard InChI is InChI=1S/C24H30N2O5S/c1-3-31-23-17-20(9-11-22(23)30-2)24(27)25-12-14-26(15-13-25)32(28,29)21-10-8-18-6-4-5-7-19(18)16-21/h8-11,16-17H,3-7,12-15H2,1-2H3. The number of methoxy groups -OCH3 is 1. The first kappa shape index (κ1) is 22.6. The molecule has 1 amide bonds. The van der Waals surface area contributed by atoms with Crippen molar-refractivity contribution in [3.8, 4) is 11.5 Å². The molecule has 1 heterocycles. The molecule has 8 heteroatoms. The van der Waals surface area contributed by atoms with Gasteiger partial charge in [-0.1, -0.05) is 6.07 Å². The van der Waals surface area contributed by atoms with E-state index in [9.17, 15) is 13.2 Å². The third-order valence-electron chi connectivity index (χ3n) is 6.19. The minimum atomic E-state index is -3.57. The van der Waals surface area contributed by atoms with Crippen molar-refractivity contribution in [2.24, 2.45) is 0 Å². The van der Waals surface area contributed by atoms with E-state index in [0.29, 0.717) is 41.7 Å². The molecule has 0 spiro atoms. The van der Waals surface area contributed by atoms with Crippen LogP contribution in [0.5, 0.6) is 11.5 Å². The van der Waals surface area contributed by atoms with Gasteiger partial charge in [0.15, 0.2) is 11.5 Å². The second kappa shape index (κ2) is 9.50. The van der Waals surface area contributed by atoms with E-state index >= 15 is 0 Å². The van der Waals surface area contributed by atoms with Crippen molar-refractivity contribution < 1.29 is 22.7 Å². The predicted molar refractivity (Wildman–Crippen MR) is 122 cm³/mol. The van der Waals surface area contributed by atoms with Gasteiger partial charge in [-0.3, -0.25) is 4.79 Å². The first-order valence-corrected chi connectivity index (χ1v) is 12.6. The molecule has 7 nitrogen and oxygen atoms in total. The predicted octanol–water partition coefficient (Wildman–Crippen LogP) is 3.12. The van der Waals surface area contributed by atoms with E-state index in [1.807, 2.05) is 19.1 Å². The van der Waals surface area contributed by atoms with E-state index < -0.39 is 10.0 Å². The molecule has 1 aliphatic carbocycles. The molecule has 4 rings (SSSR count). The summed E-state index contributed by atoms with van der Waals surface area (Å²) in [5, 5.41) is 0. The maximum absolute atomic E-state index is 13.2. The Morgan fingerprint density at radius 1 is 0.938 bits per heavy atom. The Morgan fingerprint density at radius 2 is 1.66 bits per heavy atom. The lowest BCUT2D eigenvalue weighted by Crippen LogP contribution is -2.50. The molecular formula is C24H30N2O5S. The number of sulfonamides is 1. The van der Waals surface area contributed by atoms with Crippen molar-refractivity contribution in [1.29, 1.82) is 0 Å². The molecule has 0 bridgehead atoms. The summed E-state index contributed by atoms with van der Waals surface area (Å²) in [5.74, 6) is 0.957. The van der Waals surface area contributed by atoms with E-state index in [2.05, 4.69) is 0 Å². The topological polar surface area (TPSA) is 76.2 Å². The second-order valence-electron chi connectivity index (χ2n) is 8.13. The number of rotatable bonds is 6. The number of carbonyl (C=O) groups is 1. The van der Waals surface area contributed by atoms with Crippen molar-refractivity contribution in [1.82, 2.24) is 9.21 Å². The van der Waals surface area contributed by atoms with E-state index in [-0.39, 0.29) is 19.0 Å². The highest BCUT2D eigenvalue weighted by molar-refractivity contribution is 7.89. The highest BCUT2D eigenvalue weighted by atomic mass is 32.2. The molecule has 172 valence electrons. The fourth-order valence-electron chi connectivity index (χ4n) is 4.41. The van der Waals surface area contributed by atoms with Crippen molar-refractivity contribution in [2.75, 3.05) is 39.9 Å². The summed E-state index contributed by atoms with van der Waals surface area (Å²) in [6.45, 7) is 3.58. The van der Waals surface area contributed by atoms with Gasteiger partial charge in [-0.05, 0) is 74.1 Å². The molecule has 2 aromatic rings. The number of ether oxygens (including phenoxy) is 2. The maximum atomic E-state index is 13.2. The summed E-state index contributed by atoms with van der Waals surface area (Å²) < 4.78 is 38.7. The average Bonchev–Trinajstić information content (AvgIpc) is 2.83. The molecule has 2 aromatic carbocycles. The van der Waals surface area contributed by atoms with Gasteiger partial charge in [0.25, 0.3) is 5.91 Å². The van der Waals surface area contributed by atoms with Gasteiger partial charge in [-0.2, -0.15) is 4.31 Å². The van der Waals surface area contributed by atoms with Gasteiger partial charge in [0.2, 0.25) is 10.0 Å². The summed E-state index contributed by atoms with van der Waals surface area (Å²) in [5.41, 5.74) is 2.91. The third-order valence-corrected chi connectivity index (χ3v) is 8.09. The molecule has 32 heavy (non-hydrogen) atoms. The Kier molecular flexibility index (Phi) is 6.71. The minimum absolute atomic E-state index is 0.139. The van der Waals surface area contributed by atoms with Crippen LogP contribution in [-0.2, 0) is 22.9 Å². The van der Waals surface area contributed by atoms with Crippen LogP contribution in [0.15, 0.2) is 41.3 Å². The van der Waals surface area contributed by atoms with Gasteiger partial charge < -0.3 is 14.4 Å². The lowest BCUT2D eigenvalue weighted by Gasteiger charge is -2.34. The van der Waals surface area contributed by atoms with Crippen molar-refractivity contribution in [3.05, 3.63) is 53.1 Å². The lowest BCUT2D eigenvalue weighted by atomic mass is 9.92.